The molecule has 2 aliphatic heterocycles. The van der Waals surface area contributed by atoms with Crippen LogP contribution < -0.4 is 5.32 Å². The lowest BCUT2D eigenvalue weighted by Crippen LogP contribution is -2.48. The third-order valence-electron chi connectivity index (χ3n) is 4.30. The number of rotatable bonds is 2. The zero-order valence-electron chi connectivity index (χ0n) is 12.2. The van der Waals surface area contributed by atoms with Crippen LogP contribution in [0.1, 0.15) is 41.6 Å². The van der Waals surface area contributed by atoms with Crippen LogP contribution in [0.25, 0.3) is 0 Å². The molecular weight excluding hydrogens is 284 g/mol. The summed E-state index contributed by atoms with van der Waals surface area (Å²) in [7, 11) is 0. The van der Waals surface area contributed by atoms with E-state index in [0.717, 1.165) is 24.1 Å². The highest BCUT2D eigenvalue weighted by Gasteiger charge is 2.32. The predicted molar refractivity (Wildman–Crippen MR) is 79.7 cm³/mol. The molecule has 1 aromatic rings. The van der Waals surface area contributed by atoms with Gasteiger partial charge in [0.15, 0.2) is 0 Å². The Kier molecular flexibility index (Phi) is 3.83. The van der Waals surface area contributed by atoms with Crippen LogP contribution >= 0.6 is 0 Å². The fraction of sp³-hybridized carbons (Fsp3) is 0.438. The molecule has 3 rings (SSSR count). The largest absolute Gasteiger partial charge is 0.480 e. The maximum atomic E-state index is 12.6. The standard InChI is InChI=1S/C16H18N2O4/c19-14-7-5-10-9-11(4-6-12(10)17-14)15(20)18-8-2-1-3-13(18)16(21)22/h4,6,9,13H,1-3,5,7-8H2,(H,17,19)(H,21,22). The Balaban J connectivity index is 1.85. The highest BCUT2D eigenvalue weighted by atomic mass is 16.4. The van der Waals surface area contributed by atoms with Gasteiger partial charge in [0.2, 0.25) is 5.91 Å². The van der Waals surface area contributed by atoms with Gasteiger partial charge in [0.25, 0.3) is 5.91 Å². The number of aliphatic carboxylic acids is 1. The number of hydrogen-bond donors (Lipinski definition) is 2. The number of fused-ring (bicyclic) bond motifs is 1. The van der Waals surface area contributed by atoms with Crippen LogP contribution in [0, 0.1) is 0 Å². The number of amides is 2. The molecule has 1 atom stereocenters. The van der Waals surface area contributed by atoms with Crippen LogP contribution in [0.2, 0.25) is 0 Å². The van der Waals surface area contributed by atoms with E-state index in [-0.39, 0.29) is 11.8 Å². The van der Waals surface area contributed by atoms with Gasteiger partial charge in [-0.05, 0) is 49.4 Å². The second-order valence-corrected chi connectivity index (χ2v) is 5.77. The quantitative estimate of drug-likeness (QED) is 0.869. The van der Waals surface area contributed by atoms with Gasteiger partial charge in [-0.1, -0.05) is 0 Å². The highest BCUT2D eigenvalue weighted by molar-refractivity contribution is 5.99. The molecular formula is C16H18N2O4. The number of anilines is 1. The molecule has 2 heterocycles. The summed E-state index contributed by atoms with van der Waals surface area (Å²) >= 11 is 0. The molecule has 1 saturated heterocycles. The minimum absolute atomic E-state index is 0.0199. The Morgan fingerprint density at radius 2 is 2.05 bits per heavy atom. The number of carbonyl (C=O) groups excluding carboxylic acids is 2. The van der Waals surface area contributed by atoms with Crippen LogP contribution in [0.4, 0.5) is 5.69 Å². The molecule has 1 fully saturated rings. The summed E-state index contributed by atoms with van der Waals surface area (Å²) in [4.78, 5) is 36.8. The van der Waals surface area contributed by atoms with E-state index in [1.54, 1.807) is 18.2 Å². The first kappa shape index (κ1) is 14.6. The number of piperidine rings is 1. The van der Waals surface area contributed by atoms with E-state index >= 15 is 0 Å². The first-order valence-electron chi connectivity index (χ1n) is 7.53. The van der Waals surface area contributed by atoms with Crippen molar-refractivity contribution < 1.29 is 19.5 Å². The first-order chi connectivity index (χ1) is 10.6. The Morgan fingerprint density at radius 1 is 1.23 bits per heavy atom. The molecule has 2 aliphatic rings. The van der Waals surface area contributed by atoms with E-state index in [2.05, 4.69) is 5.32 Å². The van der Waals surface area contributed by atoms with Gasteiger partial charge >= 0.3 is 5.97 Å². The summed E-state index contributed by atoms with van der Waals surface area (Å²) in [5.74, 6) is -1.21. The van der Waals surface area contributed by atoms with Crippen molar-refractivity contribution in [2.24, 2.45) is 0 Å². The number of likely N-dealkylation sites (tertiary alicyclic amines) is 1. The van der Waals surface area contributed by atoms with Crippen LogP contribution in [-0.4, -0.2) is 40.4 Å². The molecule has 0 aliphatic carbocycles. The Labute approximate surface area is 128 Å². The van der Waals surface area contributed by atoms with Crippen molar-refractivity contribution in [1.29, 1.82) is 0 Å². The summed E-state index contributed by atoms with van der Waals surface area (Å²) in [6.07, 6.45) is 3.17. The minimum atomic E-state index is -0.946. The molecule has 0 radical (unpaired) electrons. The van der Waals surface area contributed by atoms with Crippen molar-refractivity contribution in [1.82, 2.24) is 4.90 Å². The van der Waals surface area contributed by atoms with Crippen molar-refractivity contribution >= 4 is 23.5 Å². The Morgan fingerprint density at radius 3 is 2.82 bits per heavy atom. The SMILES string of the molecule is O=C1CCc2cc(C(=O)N3CCCCC3C(=O)O)ccc2N1. The summed E-state index contributed by atoms with van der Waals surface area (Å²) in [5.41, 5.74) is 2.15. The predicted octanol–water partition coefficient (Wildman–Crippen LogP) is 1.65. The van der Waals surface area contributed by atoms with Crippen LogP contribution in [0.15, 0.2) is 18.2 Å². The fourth-order valence-corrected chi connectivity index (χ4v) is 3.11. The summed E-state index contributed by atoms with van der Waals surface area (Å²) in [6, 6.07) is 4.40. The third kappa shape index (κ3) is 2.68. The van der Waals surface area contributed by atoms with Gasteiger partial charge in [-0.25, -0.2) is 4.79 Å². The Hall–Kier alpha value is -2.37. The van der Waals surface area contributed by atoms with Gasteiger partial charge in [-0.2, -0.15) is 0 Å². The van der Waals surface area contributed by atoms with E-state index < -0.39 is 12.0 Å². The monoisotopic (exact) mass is 302 g/mol. The number of carboxylic acid groups (broad SMARTS) is 1. The lowest BCUT2D eigenvalue weighted by Gasteiger charge is -2.33. The number of aryl methyl sites for hydroxylation is 1. The van der Waals surface area contributed by atoms with Gasteiger partial charge in [0.1, 0.15) is 6.04 Å². The molecule has 0 spiro atoms. The number of carboxylic acids is 1. The van der Waals surface area contributed by atoms with Gasteiger partial charge < -0.3 is 15.3 Å². The summed E-state index contributed by atoms with van der Waals surface area (Å²) < 4.78 is 0. The second kappa shape index (κ2) is 5.79. The lowest BCUT2D eigenvalue weighted by molar-refractivity contribution is -0.143. The van der Waals surface area contributed by atoms with E-state index in [0.29, 0.717) is 31.4 Å². The summed E-state index contributed by atoms with van der Waals surface area (Å²) in [6.45, 7) is 0.476. The van der Waals surface area contributed by atoms with Crippen molar-refractivity contribution in [3.8, 4) is 0 Å². The third-order valence-corrected chi connectivity index (χ3v) is 4.30. The minimum Gasteiger partial charge on any atom is -0.480 e. The molecule has 2 amide bonds. The molecule has 0 bridgehead atoms. The van der Waals surface area contributed by atoms with Crippen molar-refractivity contribution in [2.75, 3.05) is 11.9 Å². The van der Waals surface area contributed by atoms with E-state index in [1.165, 1.54) is 4.90 Å². The zero-order chi connectivity index (χ0) is 15.7. The molecule has 2 N–H and O–H groups in total. The number of nitrogens with zero attached hydrogens (tertiary/aromatic N) is 1. The zero-order valence-corrected chi connectivity index (χ0v) is 12.2. The topological polar surface area (TPSA) is 86.7 Å². The first-order valence-corrected chi connectivity index (χ1v) is 7.53. The molecule has 1 aromatic carbocycles. The smallest absolute Gasteiger partial charge is 0.326 e. The van der Waals surface area contributed by atoms with Gasteiger partial charge in [-0.15, -0.1) is 0 Å². The van der Waals surface area contributed by atoms with E-state index in [9.17, 15) is 19.5 Å². The van der Waals surface area contributed by atoms with Crippen LogP contribution in [0.5, 0.6) is 0 Å². The average molecular weight is 302 g/mol. The normalized spacial score (nSPS) is 21.0. The van der Waals surface area contributed by atoms with E-state index in [1.807, 2.05) is 0 Å². The van der Waals surface area contributed by atoms with Crippen molar-refractivity contribution in [2.45, 2.75) is 38.1 Å². The van der Waals surface area contributed by atoms with Gasteiger partial charge in [0, 0.05) is 24.2 Å². The maximum Gasteiger partial charge on any atom is 0.326 e. The molecule has 116 valence electrons. The van der Waals surface area contributed by atoms with Crippen molar-refractivity contribution in [3.63, 3.8) is 0 Å². The average Bonchev–Trinajstić information content (AvgIpc) is 2.53. The van der Waals surface area contributed by atoms with Crippen LogP contribution in [-0.2, 0) is 16.0 Å². The molecule has 22 heavy (non-hydrogen) atoms. The Bertz CT molecular complexity index is 641. The number of nitrogens with one attached hydrogen (secondary N) is 1. The fourth-order valence-electron chi connectivity index (χ4n) is 3.11. The van der Waals surface area contributed by atoms with Crippen LogP contribution in [0.3, 0.4) is 0 Å². The summed E-state index contributed by atoms with van der Waals surface area (Å²) in [5, 5.41) is 12.1. The molecule has 0 aromatic heterocycles. The van der Waals surface area contributed by atoms with Gasteiger partial charge in [-0.3, -0.25) is 9.59 Å². The van der Waals surface area contributed by atoms with E-state index in [4.69, 9.17) is 0 Å². The second-order valence-electron chi connectivity index (χ2n) is 5.77. The number of carbonyl (C=O) groups is 3. The number of benzene rings is 1. The number of hydrogen-bond acceptors (Lipinski definition) is 3. The lowest BCUT2D eigenvalue weighted by atomic mass is 9.97. The highest BCUT2D eigenvalue weighted by Crippen LogP contribution is 2.26. The molecule has 1 unspecified atom stereocenters. The molecule has 6 nitrogen and oxygen atoms in total. The molecule has 0 saturated carbocycles. The van der Waals surface area contributed by atoms with Gasteiger partial charge in [0.05, 0.1) is 0 Å². The maximum absolute atomic E-state index is 12.6. The molecule has 6 heteroatoms. The van der Waals surface area contributed by atoms with Crippen molar-refractivity contribution in [3.05, 3.63) is 29.3 Å².